The second kappa shape index (κ2) is 5.85. The number of nitrogens with zero attached hydrogens (tertiary/aromatic N) is 2. The van der Waals surface area contributed by atoms with Crippen molar-refractivity contribution in [1.29, 1.82) is 5.26 Å². The van der Waals surface area contributed by atoms with Gasteiger partial charge in [-0.25, -0.2) is 0 Å². The highest BCUT2D eigenvalue weighted by molar-refractivity contribution is 5.93. The summed E-state index contributed by atoms with van der Waals surface area (Å²) in [6, 6.07) is 9.60. The van der Waals surface area contributed by atoms with Crippen molar-refractivity contribution in [2.24, 2.45) is 5.92 Å². The van der Waals surface area contributed by atoms with Gasteiger partial charge in [0, 0.05) is 12.6 Å². The van der Waals surface area contributed by atoms with Gasteiger partial charge in [0.05, 0.1) is 17.8 Å². The summed E-state index contributed by atoms with van der Waals surface area (Å²) in [6.45, 7) is 5.72. The molecule has 0 spiro atoms. The zero-order chi connectivity index (χ0) is 13.8. The molecule has 0 saturated carbocycles. The van der Waals surface area contributed by atoms with Gasteiger partial charge in [-0.05, 0) is 31.4 Å². The van der Waals surface area contributed by atoms with Crippen LogP contribution in [0.4, 0.5) is 5.69 Å². The third-order valence-corrected chi connectivity index (χ3v) is 3.58. The van der Waals surface area contributed by atoms with Crippen LogP contribution in [0.3, 0.4) is 0 Å². The Morgan fingerprint density at radius 2 is 2.21 bits per heavy atom. The maximum absolute atomic E-state index is 12.0. The number of benzene rings is 1. The Kier molecular flexibility index (Phi) is 4.18. The van der Waals surface area contributed by atoms with Crippen LogP contribution in [0.25, 0.3) is 0 Å². The lowest BCUT2D eigenvalue weighted by Gasteiger charge is -2.20. The monoisotopic (exact) mass is 257 g/mol. The van der Waals surface area contributed by atoms with Crippen LogP contribution >= 0.6 is 0 Å². The van der Waals surface area contributed by atoms with Crippen molar-refractivity contribution in [2.75, 3.05) is 18.4 Å². The number of anilines is 1. The van der Waals surface area contributed by atoms with Crippen molar-refractivity contribution in [3.8, 4) is 6.07 Å². The van der Waals surface area contributed by atoms with Gasteiger partial charge in [-0.15, -0.1) is 0 Å². The molecule has 1 aliphatic heterocycles. The van der Waals surface area contributed by atoms with E-state index in [0.29, 0.717) is 29.8 Å². The van der Waals surface area contributed by atoms with Crippen molar-refractivity contribution >= 4 is 11.6 Å². The lowest BCUT2D eigenvalue weighted by atomic mass is 10.1. The topological polar surface area (TPSA) is 56.1 Å². The van der Waals surface area contributed by atoms with Crippen molar-refractivity contribution in [1.82, 2.24) is 4.90 Å². The van der Waals surface area contributed by atoms with Crippen LogP contribution in [0, 0.1) is 17.2 Å². The Bertz CT molecular complexity index is 506. The number of hydrogen-bond acceptors (Lipinski definition) is 3. The molecule has 0 aromatic heterocycles. The van der Waals surface area contributed by atoms with Gasteiger partial charge in [-0.2, -0.15) is 5.26 Å². The molecule has 4 heteroatoms. The van der Waals surface area contributed by atoms with Gasteiger partial charge >= 0.3 is 0 Å². The summed E-state index contributed by atoms with van der Waals surface area (Å²) in [5, 5.41) is 11.8. The Morgan fingerprint density at radius 1 is 1.47 bits per heavy atom. The Labute approximate surface area is 114 Å². The molecule has 100 valence electrons. The highest BCUT2D eigenvalue weighted by Gasteiger charge is 2.27. The van der Waals surface area contributed by atoms with E-state index in [4.69, 9.17) is 5.26 Å². The van der Waals surface area contributed by atoms with E-state index in [1.54, 1.807) is 18.2 Å². The first-order valence-corrected chi connectivity index (χ1v) is 6.63. The van der Waals surface area contributed by atoms with Crippen LogP contribution in [0.15, 0.2) is 24.3 Å². The van der Waals surface area contributed by atoms with Gasteiger partial charge < -0.3 is 5.32 Å². The first-order chi connectivity index (χ1) is 9.10. The number of amides is 1. The molecule has 2 unspecified atom stereocenters. The van der Waals surface area contributed by atoms with E-state index < -0.39 is 0 Å². The summed E-state index contributed by atoms with van der Waals surface area (Å²) in [5.41, 5.74) is 1.09. The van der Waals surface area contributed by atoms with Gasteiger partial charge in [0.25, 0.3) is 0 Å². The molecule has 1 heterocycles. The Morgan fingerprint density at radius 3 is 2.84 bits per heavy atom. The zero-order valence-corrected chi connectivity index (χ0v) is 11.4. The van der Waals surface area contributed by atoms with E-state index >= 15 is 0 Å². The minimum atomic E-state index is -0.0522. The van der Waals surface area contributed by atoms with Crippen LogP contribution in [0.2, 0.25) is 0 Å². The number of carbonyl (C=O) groups excluding carboxylic acids is 1. The highest BCUT2D eigenvalue weighted by atomic mass is 16.2. The molecule has 1 aliphatic rings. The van der Waals surface area contributed by atoms with Crippen molar-refractivity contribution in [3.05, 3.63) is 29.8 Å². The number of nitrogens with one attached hydrogen (secondary N) is 1. The number of carbonyl (C=O) groups is 1. The first kappa shape index (κ1) is 13.6. The smallest absolute Gasteiger partial charge is 0.238 e. The second-order valence-corrected chi connectivity index (χ2v) is 5.32. The number of hydrogen-bond donors (Lipinski definition) is 1. The molecule has 1 N–H and O–H groups in total. The molecule has 2 atom stereocenters. The predicted molar refractivity (Wildman–Crippen MR) is 74.6 cm³/mol. The predicted octanol–water partition coefficient (Wildman–Crippen LogP) is 2.23. The molecular weight excluding hydrogens is 238 g/mol. The van der Waals surface area contributed by atoms with E-state index in [1.807, 2.05) is 6.07 Å². The molecule has 1 amide bonds. The highest BCUT2D eigenvalue weighted by Crippen LogP contribution is 2.22. The molecule has 1 aromatic rings. The Balaban J connectivity index is 1.97. The summed E-state index contributed by atoms with van der Waals surface area (Å²) >= 11 is 0. The van der Waals surface area contributed by atoms with Gasteiger partial charge in [0.15, 0.2) is 0 Å². The summed E-state index contributed by atoms with van der Waals surface area (Å²) in [7, 11) is 0. The van der Waals surface area contributed by atoms with Crippen LogP contribution in [0.5, 0.6) is 0 Å². The molecule has 1 fully saturated rings. The fraction of sp³-hybridized carbons (Fsp3) is 0.467. The van der Waals surface area contributed by atoms with Gasteiger partial charge in [-0.1, -0.05) is 19.1 Å². The molecule has 4 nitrogen and oxygen atoms in total. The second-order valence-electron chi connectivity index (χ2n) is 5.32. The van der Waals surface area contributed by atoms with Crippen molar-refractivity contribution in [2.45, 2.75) is 26.3 Å². The van der Waals surface area contributed by atoms with Crippen LogP contribution in [-0.4, -0.2) is 29.9 Å². The van der Waals surface area contributed by atoms with E-state index in [1.165, 1.54) is 0 Å². The lowest BCUT2D eigenvalue weighted by molar-refractivity contribution is -0.117. The van der Waals surface area contributed by atoms with Crippen LogP contribution < -0.4 is 5.32 Å². The molecule has 0 bridgehead atoms. The molecule has 19 heavy (non-hydrogen) atoms. The number of para-hydroxylation sites is 1. The standard InChI is InChI=1S/C15H19N3O/c1-11-7-12(2)18(9-11)10-15(19)17-14-6-4-3-5-13(14)8-16/h3-6,11-12H,7,9-10H2,1-2H3,(H,17,19). The zero-order valence-electron chi connectivity index (χ0n) is 11.4. The first-order valence-electron chi connectivity index (χ1n) is 6.63. The largest absolute Gasteiger partial charge is 0.324 e. The van der Waals surface area contributed by atoms with Crippen molar-refractivity contribution < 1.29 is 4.79 Å². The van der Waals surface area contributed by atoms with Gasteiger partial charge in [0.1, 0.15) is 6.07 Å². The third-order valence-electron chi connectivity index (χ3n) is 3.58. The summed E-state index contributed by atoms with van der Waals surface area (Å²) in [6.07, 6.45) is 1.14. The van der Waals surface area contributed by atoms with Crippen LogP contribution in [-0.2, 0) is 4.79 Å². The van der Waals surface area contributed by atoms with E-state index in [0.717, 1.165) is 13.0 Å². The average Bonchev–Trinajstić information content (AvgIpc) is 2.68. The minimum Gasteiger partial charge on any atom is -0.324 e. The molecule has 1 saturated heterocycles. The maximum Gasteiger partial charge on any atom is 0.238 e. The van der Waals surface area contributed by atoms with Crippen LogP contribution in [0.1, 0.15) is 25.8 Å². The van der Waals surface area contributed by atoms with Crippen molar-refractivity contribution in [3.63, 3.8) is 0 Å². The summed E-state index contributed by atoms with van der Waals surface area (Å²) < 4.78 is 0. The summed E-state index contributed by atoms with van der Waals surface area (Å²) in [4.78, 5) is 14.2. The molecule has 0 aliphatic carbocycles. The lowest BCUT2D eigenvalue weighted by Crippen LogP contribution is -2.35. The van der Waals surface area contributed by atoms with Gasteiger partial charge in [0.2, 0.25) is 5.91 Å². The number of rotatable bonds is 3. The molecule has 0 radical (unpaired) electrons. The fourth-order valence-corrected chi connectivity index (χ4v) is 2.67. The van der Waals surface area contributed by atoms with E-state index in [9.17, 15) is 4.79 Å². The summed E-state index contributed by atoms with van der Waals surface area (Å²) in [5.74, 6) is 0.595. The minimum absolute atomic E-state index is 0.0522. The average molecular weight is 257 g/mol. The molecule has 2 rings (SSSR count). The van der Waals surface area contributed by atoms with E-state index in [2.05, 4.69) is 30.1 Å². The third kappa shape index (κ3) is 3.33. The fourth-order valence-electron chi connectivity index (χ4n) is 2.67. The SMILES string of the molecule is CC1CC(C)N(CC(=O)Nc2ccccc2C#N)C1. The van der Waals surface area contributed by atoms with Gasteiger partial charge in [-0.3, -0.25) is 9.69 Å². The number of nitriles is 1. The van der Waals surface area contributed by atoms with E-state index in [-0.39, 0.29) is 5.91 Å². The number of likely N-dealkylation sites (tertiary alicyclic amines) is 1. The Hall–Kier alpha value is -1.86. The maximum atomic E-state index is 12.0. The molecule has 1 aromatic carbocycles. The normalized spacial score (nSPS) is 23.0. The quantitative estimate of drug-likeness (QED) is 0.903. The molecular formula is C15H19N3O.